The molecule has 7 atom stereocenters. The van der Waals surface area contributed by atoms with Gasteiger partial charge in [0.2, 0.25) is 0 Å². The largest absolute Gasteiger partial charge is 0.509 e. The monoisotopic (exact) mass is 678 g/mol. The van der Waals surface area contributed by atoms with Gasteiger partial charge in [0.25, 0.3) is 0 Å². The molecule has 0 radical (unpaired) electrons. The zero-order chi connectivity index (χ0) is 33.4. The van der Waals surface area contributed by atoms with Crippen LogP contribution in [0.3, 0.4) is 0 Å². The number of thioether (sulfide) groups is 1. The number of ether oxygens (including phenoxy) is 6. The first-order chi connectivity index (χ1) is 22.6. The molecule has 2 aliphatic rings. The molecule has 47 heavy (non-hydrogen) atoms. The Morgan fingerprint density at radius 2 is 1.60 bits per heavy atom. The molecule has 0 bridgehead atoms. The lowest BCUT2D eigenvalue weighted by Crippen LogP contribution is -2.66. The molecule has 5 rings (SSSR count). The Kier molecular flexibility index (Phi) is 12.0. The van der Waals surface area contributed by atoms with E-state index in [0.29, 0.717) is 5.75 Å². The lowest BCUT2D eigenvalue weighted by molar-refractivity contribution is -0.359. The maximum Gasteiger partial charge on any atom is 0.509 e. The van der Waals surface area contributed by atoms with E-state index in [4.69, 9.17) is 32.8 Å². The van der Waals surface area contributed by atoms with Crippen molar-refractivity contribution in [2.24, 2.45) is 0 Å². The van der Waals surface area contributed by atoms with Crippen LogP contribution < -0.4 is 0 Å². The van der Waals surface area contributed by atoms with Gasteiger partial charge in [0.1, 0.15) is 24.9 Å². The maximum absolute atomic E-state index is 13.1. The molecule has 2 heterocycles. The molecule has 0 aliphatic carbocycles. The number of hydrogen-bond donors (Lipinski definition) is 0. The molecular weight excluding hydrogens is 633 g/mol. The molecule has 8 nitrogen and oxygen atoms in total. The Balaban J connectivity index is 1.53. The molecule has 2 saturated heterocycles. The van der Waals surface area contributed by atoms with E-state index in [9.17, 15) is 4.79 Å². The molecule has 0 amide bonds. The van der Waals surface area contributed by atoms with E-state index in [2.05, 4.69) is 52.6 Å². The summed E-state index contributed by atoms with van der Waals surface area (Å²) in [5.74, 6) is 0.593. The highest BCUT2D eigenvalue weighted by molar-refractivity contribution is 7.99. The fraction of sp³-hybridized carbons (Fsp3) is 0.432. The van der Waals surface area contributed by atoms with E-state index in [1.807, 2.05) is 78.9 Å². The van der Waals surface area contributed by atoms with Gasteiger partial charge in [0.15, 0.2) is 27.0 Å². The third kappa shape index (κ3) is 9.14. The van der Waals surface area contributed by atoms with E-state index in [0.717, 1.165) is 16.0 Å². The van der Waals surface area contributed by atoms with E-state index in [1.165, 1.54) is 6.08 Å². The second-order valence-electron chi connectivity index (χ2n) is 13.2. The molecule has 252 valence electrons. The van der Waals surface area contributed by atoms with Crippen LogP contribution in [0.2, 0.25) is 18.1 Å². The van der Waals surface area contributed by atoms with Crippen molar-refractivity contribution in [2.45, 2.75) is 86.9 Å². The lowest BCUT2D eigenvalue weighted by Gasteiger charge is -2.51. The average molecular weight is 679 g/mol. The zero-order valence-electron chi connectivity index (χ0n) is 27.8. The quantitative estimate of drug-likeness (QED) is 0.0811. The zero-order valence-corrected chi connectivity index (χ0v) is 29.6. The Bertz CT molecular complexity index is 1420. The van der Waals surface area contributed by atoms with Crippen LogP contribution >= 0.6 is 11.8 Å². The Labute approximate surface area is 283 Å². The molecule has 3 aromatic rings. The summed E-state index contributed by atoms with van der Waals surface area (Å²) in [5.41, 5.74) is 1.82. The molecule has 10 heteroatoms. The predicted molar refractivity (Wildman–Crippen MR) is 185 cm³/mol. The van der Waals surface area contributed by atoms with Gasteiger partial charge in [-0.2, -0.15) is 0 Å². The van der Waals surface area contributed by atoms with Gasteiger partial charge in [-0.25, -0.2) is 4.79 Å². The number of benzene rings is 3. The number of fused-ring (bicyclic) bond motifs is 1. The minimum Gasteiger partial charge on any atom is -0.430 e. The van der Waals surface area contributed by atoms with E-state index in [-0.39, 0.29) is 18.3 Å². The molecule has 0 spiro atoms. The van der Waals surface area contributed by atoms with E-state index < -0.39 is 57.6 Å². The molecule has 3 aromatic carbocycles. The highest BCUT2D eigenvalue weighted by Crippen LogP contribution is 2.43. The van der Waals surface area contributed by atoms with Crippen LogP contribution in [-0.2, 0) is 32.8 Å². The molecule has 2 aliphatic heterocycles. The molecule has 0 saturated carbocycles. The van der Waals surface area contributed by atoms with Gasteiger partial charge in [-0.3, -0.25) is 0 Å². The van der Waals surface area contributed by atoms with E-state index >= 15 is 0 Å². The maximum atomic E-state index is 13.1. The first kappa shape index (κ1) is 35.3. The van der Waals surface area contributed by atoms with Crippen molar-refractivity contribution >= 4 is 26.2 Å². The summed E-state index contributed by atoms with van der Waals surface area (Å²) in [4.78, 5) is 14.3. The third-order valence-electron chi connectivity index (χ3n) is 8.76. The van der Waals surface area contributed by atoms with Crippen LogP contribution in [-0.4, -0.2) is 64.1 Å². The lowest BCUT2D eigenvalue weighted by atomic mass is 9.97. The van der Waals surface area contributed by atoms with Gasteiger partial charge in [-0.15, -0.1) is 11.8 Å². The van der Waals surface area contributed by atoms with Crippen molar-refractivity contribution in [3.8, 4) is 0 Å². The highest BCUT2D eigenvalue weighted by Gasteiger charge is 2.56. The average Bonchev–Trinajstić information content (AvgIpc) is 3.07. The van der Waals surface area contributed by atoms with Gasteiger partial charge in [-0.05, 0) is 35.8 Å². The van der Waals surface area contributed by atoms with Gasteiger partial charge in [0, 0.05) is 16.2 Å². The summed E-state index contributed by atoms with van der Waals surface area (Å²) in [5, 5.41) is -0.128. The van der Waals surface area contributed by atoms with Gasteiger partial charge >= 0.3 is 6.16 Å². The third-order valence-corrected chi connectivity index (χ3v) is 14.3. The van der Waals surface area contributed by atoms with Crippen LogP contribution in [0.4, 0.5) is 4.79 Å². The molecular formula is C37H46O8SSi. The summed E-state index contributed by atoms with van der Waals surface area (Å²) in [7, 11) is -2.43. The Hall–Kier alpha value is -2.96. The van der Waals surface area contributed by atoms with Crippen molar-refractivity contribution in [1.29, 1.82) is 0 Å². The molecule has 2 fully saturated rings. The second kappa shape index (κ2) is 16.0. The van der Waals surface area contributed by atoms with Gasteiger partial charge in [0.05, 0.1) is 12.7 Å². The second-order valence-corrected chi connectivity index (χ2v) is 19.0. The summed E-state index contributed by atoms with van der Waals surface area (Å²) in [6.07, 6.45) is -4.44. The molecule has 1 unspecified atom stereocenters. The van der Waals surface area contributed by atoms with Crippen LogP contribution in [0.5, 0.6) is 0 Å². The topological polar surface area (TPSA) is 81.7 Å². The van der Waals surface area contributed by atoms with E-state index in [1.54, 1.807) is 11.8 Å². The van der Waals surface area contributed by atoms with Crippen molar-refractivity contribution < 1.29 is 37.6 Å². The smallest absolute Gasteiger partial charge is 0.430 e. The molecule has 0 aromatic heterocycles. The van der Waals surface area contributed by atoms with Crippen LogP contribution in [0.1, 0.15) is 44.3 Å². The highest BCUT2D eigenvalue weighted by atomic mass is 32.2. The number of hydrogen-bond acceptors (Lipinski definition) is 9. The fourth-order valence-corrected chi connectivity index (χ4v) is 7.29. The van der Waals surface area contributed by atoms with Crippen molar-refractivity contribution in [1.82, 2.24) is 0 Å². The number of carbonyl (C=O) groups excluding carboxylic acids is 1. The number of rotatable bonds is 12. The first-order valence-corrected chi connectivity index (χ1v) is 19.9. The number of carbonyl (C=O) groups is 1. The van der Waals surface area contributed by atoms with Crippen LogP contribution in [0.15, 0.2) is 109 Å². The minimum absolute atomic E-state index is 0.00251. The minimum atomic E-state index is -2.43. The summed E-state index contributed by atoms with van der Waals surface area (Å²) >= 11 is 1.68. The van der Waals surface area contributed by atoms with Crippen molar-refractivity contribution in [2.75, 3.05) is 19.0 Å². The van der Waals surface area contributed by atoms with Crippen molar-refractivity contribution in [3.05, 3.63) is 115 Å². The fourth-order valence-electron chi connectivity index (χ4n) is 5.20. The van der Waals surface area contributed by atoms with Crippen LogP contribution in [0, 0.1) is 0 Å². The van der Waals surface area contributed by atoms with Crippen molar-refractivity contribution in [3.63, 3.8) is 0 Å². The SMILES string of the molecule is C=CCOC(=O)O[C@@H]1[C@@H](O[C@H](CSc2ccccc2)c2ccccc2)[C@H](O[Si](C)(C)C(C)(C)C)O[C@@H]2COC(c3ccccc3)O[C@@H]12. The summed E-state index contributed by atoms with van der Waals surface area (Å²) in [6, 6.07) is 29.9. The Morgan fingerprint density at radius 3 is 2.23 bits per heavy atom. The Morgan fingerprint density at radius 1 is 0.957 bits per heavy atom. The van der Waals surface area contributed by atoms with Gasteiger partial charge in [-0.1, -0.05) is 112 Å². The summed E-state index contributed by atoms with van der Waals surface area (Å²) < 4.78 is 44.8. The van der Waals surface area contributed by atoms with Gasteiger partial charge < -0.3 is 32.8 Å². The molecule has 0 N–H and O–H groups in total. The normalized spacial score (nSPS) is 25.3. The van der Waals surface area contributed by atoms with Crippen LogP contribution in [0.25, 0.3) is 0 Å². The predicted octanol–water partition coefficient (Wildman–Crippen LogP) is 8.47. The standard InChI is InChI=1S/C37H46O8SSi/c1-7-23-39-36(38)44-32-31-29(24-40-34(43-31)27-19-13-9-14-20-27)42-35(45-47(5,6)37(2,3)4)33(32)41-30(26-17-11-8-12-18-26)25-46-28-21-15-10-16-22-28/h7-22,29-35H,1,23-25H2,2-6H3/t29-,30-,31-,32+,33-,34?,35+/m1/s1. The summed E-state index contributed by atoms with van der Waals surface area (Å²) in [6.45, 7) is 14.7. The first-order valence-electron chi connectivity index (χ1n) is 16.0.